The summed E-state index contributed by atoms with van der Waals surface area (Å²) in [6, 6.07) is 1.63. The maximum atomic E-state index is 12.0. The fourth-order valence-corrected chi connectivity index (χ4v) is 2.99. The SMILES string of the molecule is C[C@@H]1CN(CCCCNC(=O)c2ccncc2Cl)C[C@@H](C)O1. The molecule has 5 nitrogen and oxygen atoms in total. The summed E-state index contributed by atoms with van der Waals surface area (Å²) in [5.74, 6) is -0.138. The molecule has 1 aromatic rings. The molecular weight excluding hydrogens is 302 g/mol. The number of unbranched alkanes of at least 4 members (excludes halogenated alkanes) is 1. The smallest absolute Gasteiger partial charge is 0.252 e. The molecule has 122 valence electrons. The zero-order valence-electron chi connectivity index (χ0n) is 13.2. The lowest BCUT2D eigenvalue weighted by Crippen LogP contribution is -2.45. The first-order valence-corrected chi connectivity index (χ1v) is 8.19. The van der Waals surface area contributed by atoms with Crippen LogP contribution in [-0.4, -0.2) is 54.2 Å². The number of amides is 1. The highest BCUT2D eigenvalue weighted by Crippen LogP contribution is 2.13. The van der Waals surface area contributed by atoms with Gasteiger partial charge in [-0.05, 0) is 39.3 Å². The Bertz CT molecular complexity index is 488. The lowest BCUT2D eigenvalue weighted by Gasteiger charge is -2.35. The van der Waals surface area contributed by atoms with Crippen LogP contribution in [0.3, 0.4) is 0 Å². The van der Waals surface area contributed by atoms with E-state index in [0.717, 1.165) is 32.5 Å². The van der Waals surface area contributed by atoms with E-state index in [0.29, 0.717) is 29.3 Å². The Balaban J connectivity index is 1.63. The molecule has 2 heterocycles. The van der Waals surface area contributed by atoms with Crippen LogP contribution in [0.1, 0.15) is 37.0 Å². The number of nitrogens with one attached hydrogen (secondary N) is 1. The van der Waals surface area contributed by atoms with Crippen LogP contribution < -0.4 is 5.32 Å². The second kappa shape index (κ2) is 8.46. The molecule has 1 aliphatic rings. The molecule has 2 atom stereocenters. The second-order valence-corrected chi connectivity index (χ2v) is 6.24. The summed E-state index contributed by atoms with van der Waals surface area (Å²) in [6.45, 7) is 7.91. The number of carbonyl (C=O) groups excluding carboxylic acids is 1. The standard InChI is InChI=1S/C16H24ClN3O2/c1-12-10-20(11-13(2)22-12)8-4-3-6-19-16(21)14-5-7-18-9-15(14)17/h5,7,9,12-13H,3-4,6,8,10-11H2,1-2H3,(H,19,21)/t12-,13-/m1/s1. The molecule has 1 aliphatic heterocycles. The van der Waals surface area contributed by atoms with Gasteiger partial charge in [-0.2, -0.15) is 0 Å². The number of aromatic nitrogens is 1. The van der Waals surface area contributed by atoms with Crippen LogP contribution in [0.4, 0.5) is 0 Å². The first-order valence-electron chi connectivity index (χ1n) is 7.82. The largest absolute Gasteiger partial charge is 0.373 e. The summed E-state index contributed by atoms with van der Waals surface area (Å²) in [5, 5.41) is 3.29. The number of ether oxygens (including phenoxy) is 1. The third-order valence-corrected chi connectivity index (χ3v) is 4.00. The minimum Gasteiger partial charge on any atom is -0.373 e. The molecule has 1 amide bonds. The van der Waals surface area contributed by atoms with Crippen molar-refractivity contribution in [2.24, 2.45) is 0 Å². The van der Waals surface area contributed by atoms with E-state index >= 15 is 0 Å². The van der Waals surface area contributed by atoms with E-state index in [9.17, 15) is 4.79 Å². The van der Waals surface area contributed by atoms with E-state index in [-0.39, 0.29) is 5.91 Å². The van der Waals surface area contributed by atoms with Crippen LogP contribution in [0.2, 0.25) is 5.02 Å². The Hall–Kier alpha value is -1.17. The summed E-state index contributed by atoms with van der Waals surface area (Å²) in [4.78, 5) is 18.3. The van der Waals surface area contributed by atoms with Crippen molar-refractivity contribution in [2.75, 3.05) is 26.2 Å². The van der Waals surface area contributed by atoms with Gasteiger partial charge in [0.25, 0.3) is 5.91 Å². The molecule has 0 radical (unpaired) electrons. The molecule has 6 heteroatoms. The van der Waals surface area contributed by atoms with Gasteiger partial charge in [-0.25, -0.2) is 0 Å². The van der Waals surface area contributed by atoms with Gasteiger partial charge in [-0.3, -0.25) is 14.7 Å². The van der Waals surface area contributed by atoms with Crippen molar-refractivity contribution in [3.05, 3.63) is 29.0 Å². The van der Waals surface area contributed by atoms with Crippen molar-refractivity contribution in [1.82, 2.24) is 15.2 Å². The molecule has 1 saturated heterocycles. The average Bonchev–Trinajstić information content (AvgIpc) is 2.46. The molecule has 0 spiro atoms. The van der Waals surface area contributed by atoms with Gasteiger partial charge >= 0.3 is 0 Å². The van der Waals surface area contributed by atoms with E-state index < -0.39 is 0 Å². The van der Waals surface area contributed by atoms with Crippen LogP contribution >= 0.6 is 11.6 Å². The van der Waals surface area contributed by atoms with Gasteiger partial charge in [0.15, 0.2) is 0 Å². The van der Waals surface area contributed by atoms with Crippen molar-refractivity contribution in [1.29, 1.82) is 0 Å². The molecule has 1 aromatic heterocycles. The molecular formula is C16H24ClN3O2. The van der Waals surface area contributed by atoms with E-state index in [4.69, 9.17) is 16.3 Å². The molecule has 0 bridgehead atoms. The summed E-state index contributed by atoms with van der Waals surface area (Å²) < 4.78 is 5.72. The summed E-state index contributed by atoms with van der Waals surface area (Å²) in [6.07, 6.45) is 5.67. The zero-order valence-corrected chi connectivity index (χ0v) is 14.0. The number of carbonyl (C=O) groups is 1. The molecule has 0 saturated carbocycles. The van der Waals surface area contributed by atoms with Crippen molar-refractivity contribution < 1.29 is 9.53 Å². The number of hydrogen-bond donors (Lipinski definition) is 1. The fraction of sp³-hybridized carbons (Fsp3) is 0.625. The number of morpholine rings is 1. The van der Waals surface area contributed by atoms with Crippen LogP contribution in [0, 0.1) is 0 Å². The lowest BCUT2D eigenvalue weighted by atomic mass is 10.2. The Morgan fingerprint density at radius 1 is 1.41 bits per heavy atom. The van der Waals surface area contributed by atoms with Gasteiger partial charge in [-0.15, -0.1) is 0 Å². The summed E-state index contributed by atoms with van der Waals surface area (Å²) in [5.41, 5.74) is 0.479. The number of pyridine rings is 1. The predicted octanol–water partition coefficient (Wildman–Crippen LogP) is 2.35. The Labute approximate surface area is 137 Å². The molecule has 0 aliphatic carbocycles. The highest BCUT2D eigenvalue weighted by Gasteiger charge is 2.21. The Kier molecular flexibility index (Phi) is 6.61. The van der Waals surface area contributed by atoms with Crippen LogP contribution in [0.15, 0.2) is 18.5 Å². The van der Waals surface area contributed by atoms with Gasteiger partial charge in [0, 0.05) is 32.0 Å². The minimum atomic E-state index is -0.138. The van der Waals surface area contributed by atoms with Gasteiger partial charge < -0.3 is 10.1 Å². The third kappa shape index (κ3) is 5.23. The molecule has 1 N–H and O–H groups in total. The highest BCUT2D eigenvalue weighted by atomic mass is 35.5. The first-order chi connectivity index (χ1) is 10.6. The van der Waals surface area contributed by atoms with Gasteiger partial charge in [0.1, 0.15) is 0 Å². The number of nitrogens with zero attached hydrogens (tertiary/aromatic N) is 2. The lowest BCUT2D eigenvalue weighted by molar-refractivity contribution is -0.0681. The Morgan fingerprint density at radius 2 is 2.14 bits per heavy atom. The van der Waals surface area contributed by atoms with Crippen molar-refractivity contribution in [3.8, 4) is 0 Å². The first kappa shape index (κ1) is 17.2. The maximum Gasteiger partial charge on any atom is 0.252 e. The number of hydrogen-bond acceptors (Lipinski definition) is 4. The number of halogens is 1. The van der Waals surface area contributed by atoms with Gasteiger partial charge in [0.05, 0.1) is 22.8 Å². The third-order valence-electron chi connectivity index (χ3n) is 3.70. The van der Waals surface area contributed by atoms with E-state index in [2.05, 4.69) is 29.0 Å². The van der Waals surface area contributed by atoms with Crippen LogP contribution in [0.25, 0.3) is 0 Å². The quantitative estimate of drug-likeness (QED) is 0.816. The monoisotopic (exact) mass is 325 g/mol. The molecule has 1 fully saturated rings. The maximum absolute atomic E-state index is 12.0. The van der Waals surface area contributed by atoms with Crippen LogP contribution in [0.5, 0.6) is 0 Å². The predicted molar refractivity (Wildman–Crippen MR) is 87.3 cm³/mol. The number of rotatable bonds is 6. The molecule has 0 aromatic carbocycles. The Morgan fingerprint density at radius 3 is 2.82 bits per heavy atom. The van der Waals surface area contributed by atoms with Crippen molar-refractivity contribution in [2.45, 2.75) is 38.9 Å². The van der Waals surface area contributed by atoms with Crippen molar-refractivity contribution in [3.63, 3.8) is 0 Å². The summed E-state index contributed by atoms with van der Waals surface area (Å²) in [7, 11) is 0. The second-order valence-electron chi connectivity index (χ2n) is 5.84. The van der Waals surface area contributed by atoms with Gasteiger partial charge in [0.2, 0.25) is 0 Å². The minimum absolute atomic E-state index is 0.138. The van der Waals surface area contributed by atoms with E-state index in [1.165, 1.54) is 6.20 Å². The van der Waals surface area contributed by atoms with Crippen LogP contribution in [-0.2, 0) is 4.74 Å². The van der Waals surface area contributed by atoms with E-state index in [1.807, 2.05) is 0 Å². The zero-order chi connectivity index (χ0) is 15.9. The van der Waals surface area contributed by atoms with E-state index in [1.54, 1.807) is 12.3 Å². The molecule has 22 heavy (non-hydrogen) atoms. The van der Waals surface area contributed by atoms with Crippen molar-refractivity contribution >= 4 is 17.5 Å². The molecule has 2 rings (SSSR count). The molecule has 0 unspecified atom stereocenters. The topological polar surface area (TPSA) is 54.5 Å². The fourth-order valence-electron chi connectivity index (χ4n) is 2.78. The normalized spacial score (nSPS) is 22.5. The van der Waals surface area contributed by atoms with Gasteiger partial charge in [-0.1, -0.05) is 11.6 Å². The summed E-state index contributed by atoms with van der Waals surface area (Å²) >= 11 is 5.95. The average molecular weight is 326 g/mol. The highest BCUT2D eigenvalue weighted by molar-refractivity contribution is 6.33.